The highest BCUT2D eigenvalue weighted by Crippen LogP contribution is 2.22. The number of nitrogens with zero attached hydrogens (tertiary/aromatic N) is 3. The van der Waals surface area contributed by atoms with E-state index < -0.39 is 0 Å². The maximum absolute atomic E-state index is 8.92. The number of aromatic nitrogens is 2. The van der Waals surface area contributed by atoms with Crippen molar-refractivity contribution in [3.05, 3.63) is 23.9 Å². The van der Waals surface area contributed by atoms with Gasteiger partial charge in [-0.25, -0.2) is 0 Å². The lowest BCUT2D eigenvalue weighted by Crippen LogP contribution is -1.92. The van der Waals surface area contributed by atoms with E-state index in [2.05, 4.69) is 11.2 Å². The van der Waals surface area contributed by atoms with E-state index in [1.54, 1.807) is 18.8 Å². The number of fused-ring (bicyclic) bond motifs is 1. The van der Waals surface area contributed by atoms with Crippen LogP contribution in [0.3, 0.4) is 0 Å². The fraction of sp³-hybridized carbons (Fsp3) is 0.200. The first-order valence-corrected chi connectivity index (χ1v) is 4.17. The Labute approximate surface area is 81.3 Å². The topological polar surface area (TPSA) is 50.8 Å². The molecule has 1 aromatic carbocycles. The number of nitriles is 1. The third-order valence-electron chi connectivity index (χ3n) is 2.15. The lowest BCUT2D eigenvalue weighted by molar-refractivity contribution is 0.415. The van der Waals surface area contributed by atoms with Gasteiger partial charge in [-0.3, -0.25) is 4.68 Å². The molecule has 0 aliphatic carbocycles. The number of hydrogen-bond donors (Lipinski definition) is 0. The minimum atomic E-state index is 0.555. The summed E-state index contributed by atoms with van der Waals surface area (Å²) >= 11 is 0. The Balaban J connectivity index is 2.79. The molecule has 0 N–H and O–H groups in total. The number of aryl methyl sites for hydroxylation is 1. The zero-order valence-corrected chi connectivity index (χ0v) is 7.98. The zero-order valence-electron chi connectivity index (χ0n) is 7.98. The average molecular weight is 187 g/mol. The first kappa shape index (κ1) is 8.57. The van der Waals surface area contributed by atoms with Gasteiger partial charge in [0.15, 0.2) is 0 Å². The summed E-state index contributed by atoms with van der Waals surface area (Å²) in [5.74, 6) is 0.738. The van der Waals surface area contributed by atoms with Crippen LogP contribution < -0.4 is 4.74 Å². The Kier molecular flexibility index (Phi) is 1.86. The summed E-state index contributed by atoms with van der Waals surface area (Å²) in [6, 6.07) is 7.61. The second-order valence-corrected chi connectivity index (χ2v) is 2.97. The van der Waals surface area contributed by atoms with E-state index >= 15 is 0 Å². The number of ether oxygens (including phenoxy) is 1. The van der Waals surface area contributed by atoms with Crippen LogP contribution in [0.1, 0.15) is 5.69 Å². The van der Waals surface area contributed by atoms with Crippen LogP contribution in [0.4, 0.5) is 0 Å². The van der Waals surface area contributed by atoms with Gasteiger partial charge in [-0.05, 0) is 18.2 Å². The SMILES string of the molecule is COc1ccc2nn(C)c(C#N)c2c1. The van der Waals surface area contributed by atoms with Gasteiger partial charge in [-0.2, -0.15) is 10.4 Å². The van der Waals surface area contributed by atoms with Crippen molar-refractivity contribution in [3.63, 3.8) is 0 Å². The Morgan fingerprint density at radius 2 is 2.29 bits per heavy atom. The fourth-order valence-electron chi connectivity index (χ4n) is 1.44. The second-order valence-electron chi connectivity index (χ2n) is 2.97. The molecular weight excluding hydrogens is 178 g/mol. The van der Waals surface area contributed by atoms with Crippen molar-refractivity contribution >= 4 is 10.9 Å². The number of hydrogen-bond acceptors (Lipinski definition) is 3. The molecule has 0 spiro atoms. The molecule has 0 radical (unpaired) electrons. The first-order chi connectivity index (χ1) is 6.76. The Morgan fingerprint density at radius 1 is 1.50 bits per heavy atom. The minimum absolute atomic E-state index is 0.555. The molecule has 4 nitrogen and oxygen atoms in total. The summed E-state index contributed by atoms with van der Waals surface area (Å²) in [6.45, 7) is 0. The summed E-state index contributed by atoms with van der Waals surface area (Å²) in [5.41, 5.74) is 1.36. The predicted molar refractivity (Wildman–Crippen MR) is 52.0 cm³/mol. The van der Waals surface area contributed by atoms with Crippen LogP contribution in [0, 0.1) is 11.3 Å². The van der Waals surface area contributed by atoms with Crippen molar-refractivity contribution in [1.82, 2.24) is 9.78 Å². The molecule has 0 unspecified atom stereocenters. The predicted octanol–water partition coefficient (Wildman–Crippen LogP) is 1.45. The largest absolute Gasteiger partial charge is 0.497 e. The third-order valence-corrected chi connectivity index (χ3v) is 2.15. The van der Waals surface area contributed by atoms with Crippen molar-refractivity contribution in [2.24, 2.45) is 7.05 Å². The van der Waals surface area contributed by atoms with Gasteiger partial charge in [0.25, 0.3) is 0 Å². The minimum Gasteiger partial charge on any atom is -0.497 e. The van der Waals surface area contributed by atoms with E-state index in [0.717, 1.165) is 16.7 Å². The van der Waals surface area contributed by atoms with Crippen LogP contribution in [0.25, 0.3) is 10.9 Å². The summed E-state index contributed by atoms with van der Waals surface area (Å²) in [7, 11) is 3.36. The quantitative estimate of drug-likeness (QED) is 0.679. The van der Waals surface area contributed by atoms with Gasteiger partial charge < -0.3 is 4.74 Å². The molecule has 0 amide bonds. The molecule has 2 aromatic rings. The van der Waals surface area contributed by atoms with Gasteiger partial charge >= 0.3 is 0 Å². The van der Waals surface area contributed by atoms with Crippen LogP contribution in [-0.2, 0) is 7.05 Å². The molecule has 0 saturated heterocycles. The van der Waals surface area contributed by atoms with Gasteiger partial charge in [0.1, 0.15) is 17.5 Å². The van der Waals surface area contributed by atoms with E-state index in [-0.39, 0.29) is 0 Å². The van der Waals surface area contributed by atoms with Gasteiger partial charge in [-0.15, -0.1) is 0 Å². The van der Waals surface area contributed by atoms with Gasteiger partial charge in [0.05, 0.1) is 12.6 Å². The summed E-state index contributed by atoms with van der Waals surface area (Å²) in [5, 5.41) is 13.9. The highest BCUT2D eigenvalue weighted by molar-refractivity contribution is 5.85. The molecular formula is C10H9N3O. The zero-order chi connectivity index (χ0) is 10.1. The van der Waals surface area contributed by atoms with E-state index in [4.69, 9.17) is 10.00 Å². The highest BCUT2D eigenvalue weighted by Gasteiger charge is 2.08. The Hall–Kier alpha value is -2.02. The molecule has 14 heavy (non-hydrogen) atoms. The van der Waals surface area contributed by atoms with E-state index in [1.165, 1.54) is 0 Å². The van der Waals surface area contributed by atoms with Gasteiger partial charge in [0, 0.05) is 12.4 Å². The van der Waals surface area contributed by atoms with Crippen LogP contribution in [0.2, 0.25) is 0 Å². The molecule has 0 fully saturated rings. The van der Waals surface area contributed by atoms with Gasteiger partial charge in [-0.1, -0.05) is 0 Å². The normalized spacial score (nSPS) is 10.1. The van der Waals surface area contributed by atoms with Crippen molar-refractivity contribution in [2.75, 3.05) is 7.11 Å². The monoisotopic (exact) mass is 187 g/mol. The van der Waals surface area contributed by atoms with Crippen molar-refractivity contribution in [2.45, 2.75) is 0 Å². The number of methoxy groups -OCH3 is 1. The summed E-state index contributed by atoms with van der Waals surface area (Å²) < 4.78 is 6.66. The highest BCUT2D eigenvalue weighted by atomic mass is 16.5. The number of benzene rings is 1. The molecule has 70 valence electrons. The smallest absolute Gasteiger partial charge is 0.146 e. The Bertz CT molecular complexity index is 522. The molecule has 1 aromatic heterocycles. The van der Waals surface area contributed by atoms with E-state index in [1.807, 2.05) is 18.2 Å². The van der Waals surface area contributed by atoms with E-state index in [9.17, 15) is 0 Å². The van der Waals surface area contributed by atoms with Crippen LogP contribution in [-0.4, -0.2) is 16.9 Å². The molecule has 0 saturated carbocycles. The first-order valence-electron chi connectivity index (χ1n) is 4.17. The molecule has 2 rings (SSSR count). The van der Waals surface area contributed by atoms with Gasteiger partial charge in [0.2, 0.25) is 0 Å². The maximum Gasteiger partial charge on any atom is 0.146 e. The lowest BCUT2D eigenvalue weighted by atomic mass is 10.2. The van der Waals surface area contributed by atoms with Crippen molar-refractivity contribution in [3.8, 4) is 11.8 Å². The van der Waals surface area contributed by atoms with Crippen molar-refractivity contribution < 1.29 is 4.74 Å². The van der Waals surface area contributed by atoms with Crippen molar-refractivity contribution in [1.29, 1.82) is 5.26 Å². The van der Waals surface area contributed by atoms with Crippen LogP contribution in [0.5, 0.6) is 5.75 Å². The second kappa shape index (κ2) is 3.04. The maximum atomic E-state index is 8.92. The molecule has 0 bridgehead atoms. The third kappa shape index (κ3) is 1.11. The lowest BCUT2D eigenvalue weighted by Gasteiger charge is -1.97. The fourth-order valence-corrected chi connectivity index (χ4v) is 1.44. The van der Waals surface area contributed by atoms with Crippen LogP contribution in [0.15, 0.2) is 18.2 Å². The number of rotatable bonds is 1. The Morgan fingerprint density at radius 3 is 2.93 bits per heavy atom. The van der Waals surface area contributed by atoms with E-state index in [0.29, 0.717) is 5.69 Å². The molecule has 0 aliphatic heterocycles. The van der Waals surface area contributed by atoms with Crippen LogP contribution >= 0.6 is 0 Å². The molecule has 0 aliphatic rings. The molecule has 0 atom stereocenters. The standard InChI is InChI=1S/C10H9N3O/c1-13-10(6-11)8-5-7(14-2)3-4-9(8)12-13/h3-5H,1-2H3. The summed E-state index contributed by atoms with van der Waals surface area (Å²) in [6.07, 6.45) is 0. The molecule has 4 heteroatoms. The average Bonchev–Trinajstić information content (AvgIpc) is 2.52. The molecule has 1 heterocycles. The summed E-state index contributed by atoms with van der Waals surface area (Å²) in [4.78, 5) is 0.